The van der Waals surface area contributed by atoms with E-state index >= 15 is 0 Å². The van der Waals surface area contributed by atoms with Crippen LogP contribution in [0.5, 0.6) is 0 Å². The van der Waals surface area contributed by atoms with Crippen molar-refractivity contribution in [2.45, 2.75) is 25.7 Å². The predicted octanol–water partition coefficient (Wildman–Crippen LogP) is 0.132. The summed E-state index contributed by atoms with van der Waals surface area (Å²) >= 11 is 0. The van der Waals surface area contributed by atoms with E-state index in [2.05, 4.69) is 5.32 Å². The fourth-order valence-corrected chi connectivity index (χ4v) is 2.97. The van der Waals surface area contributed by atoms with Crippen LogP contribution in [-0.2, 0) is 9.59 Å². The normalized spacial score (nSPS) is 26.2. The maximum Gasteiger partial charge on any atom is 0.241 e. The van der Waals surface area contributed by atoms with Crippen LogP contribution in [0.15, 0.2) is 0 Å². The molecule has 1 heterocycles. The van der Waals surface area contributed by atoms with Crippen LogP contribution < -0.4 is 11.1 Å². The second-order valence-corrected chi connectivity index (χ2v) is 5.08. The number of carbonyl (C=O) groups excluding carboxylic acids is 2. The first-order chi connectivity index (χ1) is 8.20. The first kappa shape index (κ1) is 15.2. The molecule has 104 valence electrons. The van der Waals surface area contributed by atoms with Gasteiger partial charge in [0.1, 0.15) is 0 Å². The van der Waals surface area contributed by atoms with Crippen molar-refractivity contribution in [1.82, 2.24) is 10.2 Å². The lowest BCUT2D eigenvalue weighted by Gasteiger charge is -2.22. The van der Waals surface area contributed by atoms with Gasteiger partial charge in [-0.25, -0.2) is 0 Å². The van der Waals surface area contributed by atoms with E-state index in [9.17, 15) is 9.59 Å². The number of fused-ring (bicyclic) bond motifs is 1. The summed E-state index contributed by atoms with van der Waals surface area (Å²) in [5.74, 6) is 1.15. The average Bonchev–Trinajstić information content (AvgIpc) is 2.79. The molecule has 2 fully saturated rings. The molecule has 2 amide bonds. The van der Waals surface area contributed by atoms with Gasteiger partial charge in [-0.3, -0.25) is 9.59 Å². The van der Waals surface area contributed by atoms with Gasteiger partial charge in [-0.1, -0.05) is 12.8 Å². The van der Waals surface area contributed by atoms with Gasteiger partial charge in [-0.05, 0) is 24.7 Å². The number of halogens is 1. The van der Waals surface area contributed by atoms with Crippen molar-refractivity contribution in [3.05, 3.63) is 0 Å². The third kappa shape index (κ3) is 3.59. The standard InChI is InChI=1S/C12H21N3O2.ClH/c13-5-11(16)14-6-12(17)15-7-9-3-1-2-4-10(9)8-15;/h9-10H,1-8,13H2,(H,14,16);1H. The van der Waals surface area contributed by atoms with Gasteiger partial charge in [-0.15, -0.1) is 12.4 Å². The average molecular weight is 276 g/mol. The minimum absolute atomic E-state index is 0. The lowest BCUT2D eigenvalue weighted by atomic mass is 9.82. The molecule has 6 heteroatoms. The zero-order chi connectivity index (χ0) is 12.3. The van der Waals surface area contributed by atoms with E-state index in [-0.39, 0.29) is 37.3 Å². The Morgan fingerprint density at radius 2 is 1.72 bits per heavy atom. The molecule has 2 atom stereocenters. The highest BCUT2D eigenvalue weighted by atomic mass is 35.5. The van der Waals surface area contributed by atoms with Crippen molar-refractivity contribution >= 4 is 24.2 Å². The van der Waals surface area contributed by atoms with E-state index < -0.39 is 0 Å². The van der Waals surface area contributed by atoms with Crippen molar-refractivity contribution in [1.29, 1.82) is 0 Å². The Bertz CT molecular complexity index is 298. The van der Waals surface area contributed by atoms with Crippen LogP contribution in [0.1, 0.15) is 25.7 Å². The number of likely N-dealkylation sites (tertiary alicyclic amines) is 1. The van der Waals surface area contributed by atoms with Gasteiger partial charge >= 0.3 is 0 Å². The molecule has 1 aliphatic carbocycles. The third-order valence-electron chi connectivity index (χ3n) is 3.95. The Kier molecular flexibility index (Phi) is 5.88. The molecule has 1 saturated carbocycles. The monoisotopic (exact) mass is 275 g/mol. The second kappa shape index (κ2) is 6.95. The topological polar surface area (TPSA) is 75.4 Å². The summed E-state index contributed by atoms with van der Waals surface area (Å²) < 4.78 is 0. The molecule has 2 rings (SSSR count). The number of nitrogens with two attached hydrogens (primary N) is 1. The SMILES string of the molecule is Cl.NCC(=O)NCC(=O)N1CC2CCCCC2C1. The quantitative estimate of drug-likeness (QED) is 0.769. The van der Waals surface area contributed by atoms with E-state index in [4.69, 9.17) is 5.73 Å². The smallest absolute Gasteiger partial charge is 0.241 e. The molecule has 5 nitrogen and oxygen atoms in total. The van der Waals surface area contributed by atoms with Gasteiger partial charge < -0.3 is 16.0 Å². The Morgan fingerprint density at radius 1 is 1.17 bits per heavy atom. The summed E-state index contributed by atoms with van der Waals surface area (Å²) in [6, 6.07) is 0. The van der Waals surface area contributed by atoms with E-state index in [1.165, 1.54) is 25.7 Å². The number of carbonyl (C=O) groups is 2. The first-order valence-corrected chi connectivity index (χ1v) is 6.45. The van der Waals surface area contributed by atoms with Crippen LogP contribution in [0.3, 0.4) is 0 Å². The lowest BCUT2D eigenvalue weighted by Crippen LogP contribution is -2.41. The van der Waals surface area contributed by atoms with Gasteiger partial charge in [0.25, 0.3) is 0 Å². The van der Waals surface area contributed by atoms with E-state index in [0.717, 1.165) is 13.1 Å². The van der Waals surface area contributed by atoms with Crippen LogP contribution in [0.25, 0.3) is 0 Å². The van der Waals surface area contributed by atoms with E-state index in [1.807, 2.05) is 4.90 Å². The molecular weight excluding hydrogens is 254 g/mol. The predicted molar refractivity (Wildman–Crippen MR) is 71.3 cm³/mol. The van der Waals surface area contributed by atoms with Crippen molar-refractivity contribution in [3.63, 3.8) is 0 Å². The molecule has 0 aromatic carbocycles. The summed E-state index contributed by atoms with van der Waals surface area (Å²) in [4.78, 5) is 24.8. The van der Waals surface area contributed by atoms with Crippen molar-refractivity contribution in [2.24, 2.45) is 17.6 Å². The summed E-state index contributed by atoms with van der Waals surface area (Å²) in [6.07, 6.45) is 5.10. The summed E-state index contributed by atoms with van der Waals surface area (Å²) in [5, 5.41) is 2.54. The zero-order valence-corrected chi connectivity index (χ0v) is 11.4. The van der Waals surface area contributed by atoms with Crippen LogP contribution in [0.4, 0.5) is 0 Å². The molecule has 1 saturated heterocycles. The number of nitrogens with zero attached hydrogens (tertiary/aromatic N) is 1. The number of rotatable bonds is 3. The minimum atomic E-state index is -0.269. The highest BCUT2D eigenvalue weighted by Gasteiger charge is 2.36. The summed E-state index contributed by atoms with van der Waals surface area (Å²) in [5.41, 5.74) is 5.17. The molecule has 18 heavy (non-hydrogen) atoms. The molecule has 0 bridgehead atoms. The molecular formula is C12H22ClN3O2. The van der Waals surface area contributed by atoms with Crippen LogP contribution in [0, 0.1) is 11.8 Å². The molecule has 0 aromatic heterocycles. The van der Waals surface area contributed by atoms with Crippen molar-refractivity contribution < 1.29 is 9.59 Å². The number of hydrogen-bond acceptors (Lipinski definition) is 3. The molecule has 0 spiro atoms. The van der Waals surface area contributed by atoms with E-state index in [1.54, 1.807) is 0 Å². The molecule has 2 aliphatic rings. The molecule has 1 aliphatic heterocycles. The largest absolute Gasteiger partial charge is 0.346 e. The Morgan fingerprint density at radius 3 is 2.22 bits per heavy atom. The van der Waals surface area contributed by atoms with Gasteiger partial charge in [0.2, 0.25) is 11.8 Å². The molecule has 2 unspecified atom stereocenters. The Balaban J connectivity index is 0.00000162. The molecule has 0 aromatic rings. The number of nitrogens with one attached hydrogen (secondary N) is 1. The Labute approximate surface area is 114 Å². The number of amides is 2. The maximum absolute atomic E-state index is 11.9. The third-order valence-corrected chi connectivity index (χ3v) is 3.95. The lowest BCUT2D eigenvalue weighted by molar-refractivity contribution is -0.131. The van der Waals surface area contributed by atoms with Gasteiger partial charge in [0.15, 0.2) is 0 Å². The van der Waals surface area contributed by atoms with Crippen LogP contribution in [-0.4, -0.2) is 42.9 Å². The van der Waals surface area contributed by atoms with Crippen LogP contribution in [0.2, 0.25) is 0 Å². The fraction of sp³-hybridized carbons (Fsp3) is 0.833. The highest BCUT2D eigenvalue weighted by Crippen LogP contribution is 2.35. The maximum atomic E-state index is 11.9. The van der Waals surface area contributed by atoms with Crippen LogP contribution >= 0.6 is 12.4 Å². The molecule has 0 radical (unpaired) electrons. The van der Waals surface area contributed by atoms with E-state index in [0.29, 0.717) is 11.8 Å². The van der Waals surface area contributed by atoms with Crippen molar-refractivity contribution in [3.8, 4) is 0 Å². The zero-order valence-electron chi connectivity index (χ0n) is 10.6. The van der Waals surface area contributed by atoms with Gasteiger partial charge in [0.05, 0.1) is 13.1 Å². The fourth-order valence-electron chi connectivity index (χ4n) is 2.97. The minimum Gasteiger partial charge on any atom is -0.346 e. The summed E-state index contributed by atoms with van der Waals surface area (Å²) in [6.45, 7) is 1.79. The Hall–Kier alpha value is -0.810. The first-order valence-electron chi connectivity index (χ1n) is 6.45. The van der Waals surface area contributed by atoms with Crippen molar-refractivity contribution in [2.75, 3.05) is 26.2 Å². The van der Waals surface area contributed by atoms with Gasteiger partial charge in [-0.2, -0.15) is 0 Å². The van der Waals surface area contributed by atoms with Gasteiger partial charge in [0, 0.05) is 13.1 Å². The number of hydrogen-bond donors (Lipinski definition) is 2. The summed E-state index contributed by atoms with van der Waals surface area (Å²) in [7, 11) is 0. The second-order valence-electron chi connectivity index (χ2n) is 5.08. The molecule has 3 N–H and O–H groups in total. The highest BCUT2D eigenvalue weighted by molar-refractivity contribution is 5.86.